The van der Waals surface area contributed by atoms with Crippen LogP contribution in [0.5, 0.6) is 11.5 Å². The first-order chi connectivity index (χ1) is 12.7. The predicted molar refractivity (Wildman–Crippen MR) is 113 cm³/mol. The van der Waals surface area contributed by atoms with Crippen molar-refractivity contribution in [2.24, 2.45) is 5.92 Å². The zero-order valence-electron chi connectivity index (χ0n) is 16.4. The van der Waals surface area contributed by atoms with Crippen LogP contribution < -0.4 is 4.74 Å². The van der Waals surface area contributed by atoms with Crippen molar-refractivity contribution in [1.82, 2.24) is 0 Å². The van der Waals surface area contributed by atoms with Crippen LogP contribution in [-0.2, 0) is 13.0 Å². The van der Waals surface area contributed by atoms with Crippen molar-refractivity contribution in [3.05, 3.63) is 57.6 Å². The van der Waals surface area contributed by atoms with Gasteiger partial charge < -0.3 is 9.84 Å². The van der Waals surface area contributed by atoms with Gasteiger partial charge in [0, 0.05) is 0 Å². The molecule has 1 aliphatic rings. The van der Waals surface area contributed by atoms with Gasteiger partial charge in [0.1, 0.15) is 6.61 Å². The standard InChI is InChI=1S/C21H25BrO2.C2H6/c1-3-15-10-11-17-18(16(15)4-2)12-19(21(23)20(17)22)24-13-14-8-6-5-7-9-14;1-2/h5-9,12,15-16,23H,3-4,10-11,13H2,1-2H3;1-2H3. The highest BCUT2D eigenvalue weighted by atomic mass is 79.9. The Labute approximate surface area is 166 Å². The lowest BCUT2D eigenvalue weighted by Crippen LogP contribution is -2.20. The highest BCUT2D eigenvalue weighted by Crippen LogP contribution is 2.48. The fraction of sp³-hybridized carbons (Fsp3) is 0.478. The minimum absolute atomic E-state index is 0.231. The number of rotatable bonds is 5. The molecule has 0 bridgehead atoms. The molecule has 2 atom stereocenters. The van der Waals surface area contributed by atoms with Crippen molar-refractivity contribution in [2.75, 3.05) is 0 Å². The SMILES string of the molecule is CC.CCC1CCc2c(cc(OCc3ccccc3)c(O)c2Br)C1CC. The highest BCUT2D eigenvalue weighted by molar-refractivity contribution is 9.10. The summed E-state index contributed by atoms with van der Waals surface area (Å²) in [6.07, 6.45) is 4.55. The van der Waals surface area contributed by atoms with Gasteiger partial charge in [-0.3, -0.25) is 0 Å². The average Bonchev–Trinajstić information content (AvgIpc) is 2.70. The topological polar surface area (TPSA) is 29.5 Å². The molecular formula is C23H31BrO2. The van der Waals surface area contributed by atoms with E-state index in [2.05, 4.69) is 35.8 Å². The first-order valence-corrected chi connectivity index (χ1v) is 10.7. The van der Waals surface area contributed by atoms with E-state index in [9.17, 15) is 5.11 Å². The normalized spacial score (nSPS) is 18.5. The maximum absolute atomic E-state index is 10.5. The maximum atomic E-state index is 10.5. The largest absolute Gasteiger partial charge is 0.503 e. The number of fused-ring (bicyclic) bond motifs is 1. The third kappa shape index (κ3) is 4.43. The lowest BCUT2D eigenvalue weighted by Gasteiger charge is -2.34. The Balaban J connectivity index is 0.00000117. The van der Waals surface area contributed by atoms with Crippen molar-refractivity contribution in [2.45, 2.75) is 65.9 Å². The summed E-state index contributed by atoms with van der Waals surface area (Å²) in [5.41, 5.74) is 3.71. The molecule has 2 nitrogen and oxygen atoms in total. The Morgan fingerprint density at radius 2 is 1.81 bits per heavy atom. The third-order valence-electron chi connectivity index (χ3n) is 5.28. The van der Waals surface area contributed by atoms with Gasteiger partial charge in [-0.2, -0.15) is 0 Å². The van der Waals surface area contributed by atoms with E-state index in [4.69, 9.17) is 4.74 Å². The molecule has 0 saturated carbocycles. The molecule has 26 heavy (non-hydrogen) atoms. The van der Waals surface area contributed by atoms with Crippen molar-refractivity contribution in [1.29, 1.82) is 0 Å². The molecule has 0 aliphatic heterocycles. The second-order valence-electron chi connectivity index (χ2n) is 6.60. The molecule has 0 saturated heterocycles. The van der Waals surface area contributed by atoms with Gasteiger partial charge in [-0.15, -0.1) is 0 Å². The summed E-state index contributed by atoms with van der Waals surface area (Å²) >= 11 is 3.61. The van der Waals surface area contributed by atoms with Gasteiger partial charge >= 0.3 is 0 Å². The van der Waals surface area contributed by atoms with E-state index >= 15 is 0 Å². The fourth-order valence-corrected chi connectivity index (χ4v) is 4.55. The lowest BCUT2D eigenvalue weighted by atomic mass is 9.72. The van der Waals surface area contributed by atoms with Gasteiger partial charge in [-0.05, 0) is 69.8 Å². The number of hydrogen-bond donors (Lipinski definition) is 1. The number of hydrogen-bond acceptors (Lipinski definition) is 2. The number of aromatic hydroxyl groups is 1. The molecule has 3 rings (SSSR count). The van der Waals surface area contributed by atoms with Crippen LogP contribution in [-0.4, -0.2) is 5.11 Å². The Hall–Kier alpha value is -1.48. The zero-order chi connectivity index (χ0) is 19.1. The van der Waals surface area contributed by atoms with Crippen LogP contribution in [0.25, 0.3) is 0 Å². The van der Waals surface area contributed by atoms with Gasteiger partial charge in [-0.1, -0.05) is 64.4 Å². The van der Waals surface area contributed by atoms with Gasteiger partial charge in [-0.25, -0.2) is 0 Å². The summed E-state index contributed by atoms with van der Waals surface area (Å²) in [5, 5.41) is 10.5. The highest BCUT2D eigenvalue weighted by Gasteiger charge is 2.30. The molecule has 3 heteroatoms. The van der Waals surface area contributed by atoms with Gasteiger partial charge in [0.15, 0.2) is 11.5 Å². The quantitative estimate of drug-likeness (QED) is 0.554. The molecule has 2 unspecified atom stereocenters. The molecule has 2 aromatic carbocycles. The molecule has 2 aromatic rings. The molecule has 0 aromatic heterocycles. The van der Waals surface area contributed by atoms with E-state index in [1.54, 1.807) is 0 Å². The molecule has 142 valence electrons. The first kappa shape index (κ1) is 20.8. The van der Waals surface area contributed by atoms with Gasteiger partial charge in [0.25, 0.3) is 0 Å². The molecular weight excluding hydrogens is 388 g/mol. The van der Waals surface area contributed by atoms with E-state index in [1.165, 1.54) is 24.0 Å². The van der Waals surface area contributed by atoms with Gasteiger partial charge in [0.2, 0.25) is 0 Å². The molecule has 1 N–H and O–H groups in total. The van der Waals surface area contributed by atoms with Crippen LogP contribution in [0.4, 0.5) is 0 Å². The molecule has 0 radical (unpaired) electrons. The molecule has 1 aliphatic carbocycles. The van der Waals surface area contributed by atoms with E-state index in [1.807, 2.05) is 44.2 Å². The van der Waals surface area contributed by atoms with Crippen LogP contribution in [0.1, 0.15) is 69.6 Å². The third-order valence-corrected chi connectivity index (χ3v) is 6.13. The van der Waals surface area contributed by atoms with Crippen molar-refractivity contribution in [3.63, 3.8) is 0 Å². The summed E-state index contributed by atoms with van der Waals surface area (Å²) in [6, 6.07) is 12.1. The number of phenols is 1. The number of benzene rings is 2. The van der Waals surface area contributed by atoms with E-state index in [0.29, 0.717) is 18.3 Å². The molecule has 0 heterocycles. The zero-order valence-corrected chi connectivity index (χ0v) is 18.0. The Morgan fingerprint density at radius 1 is 1.12 bits per heavy atom. The van der Waals surface area contributed by atoms with Crippen molar-refractivity contribution >= 4 is 15.9 Å². The van der Waals surface area contributed by atoms with Crippen LogP contribution in [0.3, 0.4) is 0 Å². The lowest BCUT2D eigenvalue weighted by molar-refractivity contribution is 0.284. The van der Waals surface area contributed by atoms with E-state index < -0.39 is 0 Å². The summed E-state index contributed by atoms with van der Waals surface area (Å²) in [7, 11) is 0. The van der Waals surface area contributed by atoms with Crippen LogP contribution >= 0.6 is 15.9 Å². The Kier molecular flexibility index (Phi) is 8.02. The molecule has 0 fully saturated rings. The summed E-state index contributed by atoms with van der Waals surface area (Å²) < 4.78 is 6.77. The number of halogens is 1. The Bertz CT molecular complexity index is 697. The predicted octanol–water partition coefficient (Wildman–Crippen LogP) is 7.23. The number of ether oxygens (including phenoxy) is 1. The van der Waals surface area contributed by atoms with Crippen molar-refractivity contribution in [3.8, 4) is 11.5 Å². The first-order valence-electron chi connectivity index (χ1n) is 9.86. The van der Waals surface area contributed by atoms with Gasteiger partial charge in [0.05, 0.1) is 4.47 Å². The minimum atomic E-state index is 0.231. The van der Waals surface area contributed by atoms with Crippen LogP contribution in [0, 0.1) is 5.92 Å². The smallest absolute Gasteiger partial charge is 0.172 e. The Morgan fingerprint density at radius 3 is 2.42 bits per heavy atom. The summed E-state index contributed by atoms with van der Waals surface area (Å²) in [5.74, 6) is 2.09. The van der Waals surface area contributed by atoms with E-state index in [-0.39, 0.29) is 5.75 Å². The summed E-state index contributed by atoms with van der Waals surface area (Å²) in [6.45, 7) is 9.00. The fourth-order valence-electron chi connectivity index (χ4n) is 3.93. The number of phenolic OH excluding ortho intramolecular Hbond substituents is 1. The maximum Gasteiger partial charge on any atom is 0.172 e. The van der Waals surface area contributed by atoms with E-state index in [0.717, 1.165) is 28.8 Å². The second kappa shape index (κ2) is 10.0. The van der Waals surface area contributed by atoms with Crippen molar-refractivity contribution < 1.29 is 9.84 Å². The minimum Gasteiger partial charge on any atom is -0.503 e. The molecule has 0 amide bonds. The van der Waals surface area contributed by atoms with Crippen LogP contribution in [0.2, 0.25) is 0 Å². The second-order valence-corrected chi connectivity index (χ2v) is 7.39. The average molecular weight is 419 g/mol. The van der Waals surface area contributed by atoms with Crippen LogP contribution in [0.15, 0.2) is 40.9 Å². The molecule has 0 spiro atoms. The monoisotopic (exact) mass is 418 g/mol. The summed E-state index contributed by atoms with van der Waals surface area (Å²) in [4.78, 5) is 0.